The first-order chi connectivity index (χ1) is 9.90. The lowest BCUT2D eigenvalue weighted by Gasteiger charge is -2.08. The highest BCUT2D eigenvalue weighted by Gasteiger charge is 2.17. The average Bonchev–Trinajstić information content (AvgIpc) is 2.44. The van der Waals surface area contributed by atoms with Crippen LogP contribution in [0.1, 0.15) is 10.4 Å². The molecule has 21 heavy (non-hydrogen) atoms. The lowest BCUT2D eigenvalue weighted by atomic mass is 10.2. The average molecular weight is 390 g/mol. The molecule has 0 unspecified atom stereocenters. The Labute approximate surface area is 138 Å². The fourth-order valence-electron chi connectivity index (χ4n) is 1.59. The summed E-state index contributed by atoms with van der Waals surface area (Å²) in [5.74, 6) is -0.519. The topological polar surface area (TPSA) is 72.2 Å². The van der Waals surface area contributed by atoms with Crippen LogP contribution in [0.4, 0.5) is 11.4 Å². The van der Waals surface area contributed by atoms with Crippen LogP contribution in [0, 0.1) is 10.1 Å². The highest BCUT2D eigenvalue weighted by Crippen LogP contribution is 2.30. The number of carbonyl (C=O) groups is 1. The van der Waals surface area contributed by atoms with Crippen molar-refractivity contribution in [2.24, 2.45) is 0 Å². The van der Waals surface area contributed by atoms with E-state index in [9.17, 15) is 14.9 Å². The monoisotopic (exact) mass is 388 g/mol. The number of anilines is 1. The second kappa shape index (κ2) is 6.43. The third-order valence-corrected chi connectivity index (χ3v) is 4.09. The quantitative estimate of drug-likeness (QED) is 0.598. The van der Waals surface area contributed by atoms with Crippen molar-refractivity contribution >= 4 is 56.4 Å². The molecule has 0 spiro atoms. The zero-order valence-electron chi connectivity index (χ0n) is 10.3. The number of hydrogen-bond acceptors (Lipinski definition) is 3. The Bertz CT molecular complexity index is 737. The molecule has 0 saturated heterocycles. The minimum atomic E-state index is -0.576. The van der Waals surface area contributed by atoms with Crippen LogP contribution in [0.25, 0.3) is 0 Å². The molecular formula is C13H7BrCl2N2O3. The van der Waals surface area contributed by atoms with Crippen molar-refractivity contribution in [2.75, 3.05) is 5.32 Å². The van der Waals surface area contributed by atoms with Crippen LogP contribution in [0.2, 0.25) is 10.0 Å². The second-order valence-corrected chi connectivity index (χ2v) is 5.62. The molecule has 2 rings (SSSR count). The largest absolute Gasteiger partial charge is 0.321 e. The van der Waals surface area contributed by atoms with Gasteiger partial charge in [-0.1, -0.05) is 29.3 Å². The summed E-state index contributed by atoms with van der Waals surface area (Å²) in [4.78, 5) is 22.4. The van der Waals surface area contributed by atoms with Crippen LogP contribution in [-0.2, 0) is 0 Å². The number of amides is 1. The summed E-state index contributed by atoms with van der Waals surface area (Å²) in [5.41, 5.74) is 0.278. The minimum absolute atomic E-state index is 0.140. The number of nitro benzene ring substituents is 1. The zero-order valence-corrected chi connectivity index (χ0v) is 13.4. The molecule has 0 radical (unpaired) electrons. The molecule has 108 valence electrons. The summed E-state index contributed by atoms with van der Waals surface area (Å²) < 4.78 is 0.296. The first-order valence-corrected chi connectivity index (χ1v) is 7.14. The molecule has 0 aromatic heterocycles. The van der Waals surface area contributed by atoms with Crippen LogP contribution in [-0.4, -0.2) is 10.8 Å². The normalized spacial score (nSPS) is 10.2. The van der Waals surface area contributed by atoms with E-state index in [-0.39, 0.29) is 16.3 Å². The molecule has 0 fully saturated rings. The van der Waals surface area contributed by atoms with Crippen molar-refractivity contribution in [3.05, 3.63) is 66.6 Å². The Morgan fingerprint density at radius 1 is 1.24 bits per heavy atom. The fraction of sp³-hybridized carbons (Fsp3) is 0. The standard InChI is InChI=1S/C13H7BrCl2N2O3/c14-8-5-4-7(6-11(8)18(20)21)13(19)17-10-3-1-2-9(15)12(10)16/h1-6H,(H,17,19). The third kappa shape index (κ3) is 3.53. The van der Waals surface area contributed by atoms with Crippen molar-refractivity contribution in [1.29, 1.82) is 0 Å². The number of carbonyl (C=O) groups excluding carboxylic acids is 1. The van der Waals surface area contributed by atoms with Crippen LogP contribution >= 0.6 is 39.1 Å². The summed E-state index contributed by atoms with van der Waals surface area (Å²) in [6.45, 7) is 0. The molecule has 0 saturated carbocycles. The maximum Gasteiger partial charge on any atom is 0.284 e. The molecule has 0 aliphatic heterocycles. The van der Waals surface area contributed by atoms with Crippen molar-refractivity contribution in [1.82, 2.24) is 0 Å². The number of hydrogen-bond donors (Lipinski definition) is 1. The van der Waals surface area contributed by atoms with E-state index in [0.717, 1.165) is 0 Å². The van der Waals surface area contributed by atoms with E-state index in [0.29, 0.717) is 15.2 Å². The van der Waals surface area contributed by atoms with Crippen molar-refractivity contribution in [3.63, 3.8) is 0 Å². The van der Waals surface area contributed by atoms with E-state index in [2.05, 4.69) is 21.2 Å². The molecular weight excluding hydrogens is 383 g/mol. The smallest absolute Gasteiger partial charge is 0.284 e. The Morgan fingerprint density at radius 3 is 2.62 bits per heavy atom. The Hall–Kier alpha value is -1.63. The Kier molecular flexibility index (Phi) is 4.82. The van der Waals surface area contributed by atoms with Gasteiger partial charge in [0.1, 0.15) is 0 Å². The SMILES string of the molecule is O=C(Nc1cccc(Cl)c1Cl)c1ccc(Br)c([N+](=O)[O-])c1. The molecule has 0 aliphatic carbocycles. The highest BCUT2D eigenvalue weighted by molar-refractivity contribution is 9.10. The fourth-order valence-corrected chi connectivity index (χ4v) is 2.33. The number of halogens is 3. The van der Waals surface area contributed by atoms with Gasteiger partial charge in [0.2, 0.25) is 0 Å². The summed E-state index contributed by atoms with van der Waals surface area (Å²) >= 11 is 14.9. The van der Waals surface area contributed by atoms with Crippen LogP contribution in [0.3, 0.4) is 0 Å². The zero-order chi connectivity index (χ0) is 15.6. The van der Waals surface area contributed by atoms with Crippen molar-refractivity contribution < 1.29 is 9.72 Å². The number of nitrogens with zero attached hydrogens (tertiary/aromatic N) is 1. The van der Waals surface area contributed by atoms with Gasteiger partial charge in [-0.2, -0.15) is 0 Å². The Morgan fingerprint density at radius 2 is 1.95 bits per heavy atom. The molecule has 1 amide bonds. The first kappa shape index (κ1) is 15.8. The predicted molar refractivity (Wildman–Crippen MR) is 85.2 cm³/mol. The molecule has 1 N–H and O–H groups in total. The third-order valence-electron chi connectivity index (χ3n) is 2.60. The van der Waals surface area contributed by atoms with E-state index in [1.54, 1.807) is 18.2 Å². The van der Waals surface area contributed by atoms with Gasteiger partial charge in [0.25, 0.3) is 11.6 Å². The molecule has 0 heterocycles. The maximum absolute atomic E-state index is 12.1. The van der Waals surface area contributed by atoms with Gasteiger partial charge >= 0.3 is 0 Å². The van der Waals surface area contributed by atoms with Crippen LogP contribution in [0.15, 0.2) is 40.9 Å². The maximum atomic E-state index is 12.1. The lowest BCUT2D eigenvalue weighted by Crippen LogP contribution is -2.12. The van der Waals surface area contributed by atoms with Gasteiger partial charge in [-0.15, -0.1) is 0 Å². The molecule has 2 aromatic carbocycles. The van der Waals surface area contributed by atoms with Gasteiger partial charge in [0.15, 0.2) is 0 Å². The minimum Gasteiger partial charge on any atom is -0.321 e. The summed E-state index contributed by atoms with van der Waals surface area (Å²) in [6, 6.07) is 8.88. The van der Waals surface area contributed by atoms with E-state index in [1.165, 1.54) is 18.2 Å². The summed E-state index contributed by atoms with van der Waals surface area (Å²) in [7, 11) is 0. The van der Waals surface area contributed by atoms with Gasteiger partial charge in [-0.3, -0.25) is 14.9 Å². The molecule has 0 aliphatic rings. The number of benzene rings is 2. The first-order valence-electron chi connectivity index (χ1n) is 5.59. The van der Waals surface area contributed by atoms with Gasteiger partial charge in [-0.25, -0.2) is 0 Å². The van der Waals surface area contributed by atoms with Gasteiger partial charge < -0.3 is 5.32 Å². The highest BCUT2D eigenvalue weighted by atomic mass is 79.9. The number of nitro groups is 1. The Balaban J connectivity index is 2.31. The van der Waals surface area contributed by atoms with Crippen LogP contribution < -0.4 is 5.32 Å². The number of nitrogens with one attached hydrogen (secondary N) is 1. The van der Waals surface area contributed by atoms with Crippen molar-refractivity contribution in [2.45, 2.75) is 0 Å². The van der Waals surface area contributed by atoms with E-state index < -0.39 is 10.8 Å². The number of rotatable bonds is 3. The second-order valence-electron chi connectivity index (χ2n) is 3.98. The molecule has 0 bridgehead atoms. The molecule has 0 atom stereocenters. The molecule has 2 aromatic rings. The van der Waals surface area contributed by atoms with Crippen molar-refractivity contribution in [3.8, 4) is 0 Å². The van der Waals surface area contributed by atoms with E-state index in [1.807, 2.05) is 0 Å². The molecule has 5 nitrogen and oxygen atoms in total. The summed E-state index contributed by atoms with van der Waals surface area (Å²) in [5, 5.41) is 13.9. The van der Waals surface area contributed by atoms with Gasteiger partial charge in [-0.05, 0) is 40.2 Å². The predicted octanol–water partition coefficient (Wildman–Crippen LogP) is 4.92. The van der Waals surface area contributed by atoms with Crippen LogP contribution in [0.5, 0.6) is 0 Å². The molecule has 8 heteroatoms. The lowest BCUT2D eigenvalue weighted by molar-refractivity contribution is -0.385. The van der Waals surface area contributed by atoms with E-state index in [4.69, 9.17) is 23.2 Å². The summed E-state index contributed by atoms with van der Waals surface area (Å²) in [6.07, 6.45) is 0. The van der Waals surface area contributed by atoms with E-state index >= 15 is 0 Å². The van der Waals surface area contributed by atoms with Gasteiger partial charge in [0.05, 0.1) is 25.1 Å². The van der Waals surface area contributed by atoms with Gasteiger partial charge in [0, 0.05) is 11.6 Å².